The van der Waals surface area contributed by atoms with Gasteiger partial charge in [-0.3, -0.25) is 4.99 Å². The number of nitrogens with one attached hydrogen (secondary N) is 2. The van der Waals surface area contributed by atoms with Crippen LogP contribution in [0.2, 0.25) is 0 Å². The Hall–Kier alpha value is -0.860. The minimum Gasteiger partial charge on any atom is -0.380 e. The highest BCUT2D eigenvalue weighted by Crippen LogP contribution is 2.26. The lowest BCUT2D eigenvalue weighted by atomic mass is 9.89. The molecule has 0 saturated carbocycles. The molecule has 2 fully saturated rings. The number of sulfonamides is 1. The number of ether oxygens (including phenoxy) is 1. The third-order valence-electron chi connectivity index (χ3n) is 4.51. The van der Waals surface area contributed by atoms with Crippen LogP contribution < -0.4 is 10.6 Å². The highest BCUT2D eigenvalue weighted by molar-refractivity contribution is 7.89. The summed E-state index contributed by atoms with van der Waals surface area (Å²) < 4.78 is 31.2. The largest absolute Gasteiger partial charge is 0.380 e. The second-order valence-electron chi connectivity index (χ2n) is 7.13. The highest BCUT2D eigenvalue weighted by atomic mass is 32.2. The molecule has 0 atom stereocenters. The molecule has 0 amide bonds. The lowest BCUT2D eigenvalue weighted by Gasteiger charge is -2.37. The van der Waals surface area contributed by atoms with Crippen molar-refractivity contribution in [2.24, 2.45) is 10.4 Å². The molecule has 0 unspecified atom stereocenters. The topological polar surface area (TPSA) is 83.0 Å². The van der Waals surface area contributed by atoms with E-state index in [1.165, 1.54) is 0 Å². The first-order chi connectivity index (χ1) is 11.4. The van der Waals surface area contributed by atoms with E-state index in [4.69, 9.17) is 4.74 Å². The van der Waals surface area contributed by atoms with Crippen LogP contribution in [0.25, 0.3) is 0 Å². The second kappa shape index (κ2) is 8.49. The van der Waals surface area contributed by atoms with E-state index in [9.17, 15) is 8.42 Å². The predicted octanol–water partition coefficient (Wildman–Crippen LogP) is 0.782. The molecular formula is C16H32N4O3S. The minimum atomic E-state index is -3.08. The summed E-state index contributed by atoms with van der Waals surface area (Å²) in [4.78, 5) is 4.68. The Morgan fingerprint density at radius 1 is 1.29 bits per heavy atom. The normalized spacial score (nSPS) is 22.9. The maximum absolute atomic E-state index is 12.1. The summed E-state index contributed by atoms with van der Waals surface area (Å²) in [6.45, 7) is 10.4. The lowest BCUT2D eigenvalue weighted by Crippen LogP contribution is -2.50. The Balaban J connectivity index is 1.84. The maximum Gasteiger partial charge on any atom is 0.214 e. The van der Waals surface area contributed by atoms with Gasteiger partial charge in [0.2, 0.25) is 10.0 Å². The molecule has 2 aliphatic rings. The van der Waals surface area contributed by atoms with Gasteiger partial charge in [0.1, 0.15) is 0 Å². The summed E-state index contributed by atoms with van der Waals surface area (Å²) in [6.07, 6.45) is 2.29. The third kappa shape index (κ3) is 5.32. The van der Waals surface area contributed by atoms with Crippen molar-refractivity contribution in [3.05, 3.63) is 0 Å². The van der Waals surface area contributed by atoms with Gasteiger partial charge in [-0.1, -0.05) is 13.8 Å². The van der Waals surface area contributed by atoms with Crippen molar-refractivity contribution in [3.8, 4) is 0 Å². The number of guanidine groups is 1. The SMILES string of the molecule is CCCS(=O)(=O)N1CCC(NC(=NCC2(C)COC2)NCC)CC1. The van der Waals surface area contributed by atoms with Gasteiger partial charge in [-0.2, -0.15) is 0 Å². The number of aliphatic imine (C=N–C) groups is 1. The van der Waals surface area contributed by atoms with Crippen LogP contribution in [-0.2, 0) is 14.8 Å². The van der Waals surface area contributed by atoms with Crippen LogP contribution in [0, 0.1) is 5.41 Å². The molecule has 0 aromatic carbocycles. The zero-order valence-corrected chi connectivity index (χ0v) is 16.0. The van der Waals surface area contributed by atoms with Crippen LogP contribution in [0.5, 0.6) is 0 Å². The van der Waals surface area contributed by atoms with E-state index in [-0.39, 0.29) is 17.2 Å². The molecule has 2 rings (SSSR count). The van der Waals surface area contributed by atoms with Crippen LogP contribution in [-0.4, -0.2) is 69.9 Å². The quantitative estimate of drug-likeness (QED) is 0.518. The Labute approximate surface area is 146 Å². The number of rotatable bonds is 7. The average molecular weight is 361 g/mol. The summed E-state index contributed by atoms with van der Waals surface area (Å²) in [6, 6.07) is 0.265. The Bertz CT molecular complexity index is 523. The predicted molar refractivity (Wildman–Crippen MR) is 96.7 cm³/mol. The minimum absolute atomic E-state index is 0.153. The first kappa shape index (κ1) is 19.5. The molecular weight excluding hydrogens is 328 g/mol. The Morgan fingerprint density at radius 3 is 2.46 bits per heavy atom. The molecule has 2 heterocycles. The zero-order valence-electron chi connectivity index (χ0n) is 15.2. The maximum atomic E-state index is 12.1. The number of hydrogen-bond acceptors (Lipinski definition) is 4. The summed E-state index contributed by atoms with van der Waals surface area (Å²) in [5.74, 6) is 1.07. The fraction of sp³-hybridized carbons (Fsp3) is 0.938. The zero-order chi connectivity index (χ0) is 17.6. The van der Waals surface area contributed by atoms with Crippen molar-refractivity contribution in [3.63, 3.8) is 0 Å². The molecule has 0 spiro atoms. The second-order valence-corrected chi connectivity index (χ2v) is 9.22. The van der Waals surface area contributed by atoms with Gasteiger partial charge in [0.05, 0.1) is 25.5 Å². The van der Waals surface area contributed by atoms with Crippen molar-refractivity contribution in [2.45, 2.75) is 46.1 Å². The smallest absolute Gasteiger partial charge is 0.214 e. The van der Waals surface area contributed by atoms with Gasteiger partial charge in [0.15, 0.2) is 5.96 Å². The Kier molecular flexibility index (Phi) is 6.88. The molecule has 24 heavy (non-hydrogen) atoms. The van der Waals surface area contributed by atoms with Crippen LogP contribution in [0.3, 0.4) is 0 Å². The van der Waals surface area contributed by atoms with Gasteiger partial charge in [-0.15, -0.1) is 0 Å². The molecule has 2 aliphatic heterocycles. The fourth-order valence-corrected chi connectivity index (χ4v) is 4.53. The van der Waals surface area contributed by atoms with E-state index in [2.05, 4.69) is 22.5 Å². The summed E-state index contributed by atoms with van der Waals surface area (Å²) in [5.41, 5.74) is 0.153. The van der Waals surface area contributed by atoms with Crippen LogP contribution in [0.1, 0.15) is 40.0 Å². The molecule has 0 radical (unpaired) electrons. The molecule has 0 bridgehead atoms. The average Bonchev–Trinajstić information content (AvgIpc) is 2.51. The monoisotopic (exact) mass is 360 g/mol. The summed E-state index contributed by atoms with van der Waals surface area (Å²) in [5, 5.41) is 6.74. The van der Waals surface area contributed by atoms with Gasteiger partial charge in [-0.25, -0.2) is 12.7 Å². The van der Waals surface area contributed by atoms with Gasteiger partial charge >= 0.3 is 0 Å². The number of hydrogen-bond donors (Lipinski definition) is 2. The third-order valence-corrected chi connectivity index (χ3v) is 6.59. The molecule has 2 saturated heterocycles. The molecule has 8 heteroatoms. The van der Waals surface area contributed by atoms with Crippen LogP contribution >= 0.6 is 0 Å². The molecule has 0 aliphatic carbocycles. The number of nitrogens with zero attached hydrogens (tertiary/aromatic N) is 2. The summed E-state index contributed by atoms with van der Waals surface area (Å²) >= 11 is 0. The van der Waals surface area contributed by atoms with Crippen molar-refractivity contribution >= 4 is 16.0 Å². The number of piperidine rings is 1. The molecule has 0 aromatic heterocycles. The van der Waals surface area contributed by atoms with Crippen LogP contribution in [0.15, 0.2) is 4.99 Å². The van der Waals surface area contributed by atoms with Crippen molar-refractivity contribution in [1.82, 2.24) is 14.9 Å². The first-order valence-corrected chi connectivity index (χ1v) is 10.6. The van der Waals surface area contributed by atoms with Gasteiger partial charge in [0.25, 0.3) is 0 Å². The van der Waals surface area contributed by atoms with E-state index in [1.807, 2.05) is 13.8 Å². The Morgan fingerprint density at radius 2 is 1.96 bits per heavy atom. The standard InChI is InChI=1S/C16H32N4O3S/c1-4-10-24(21,22)20-8-6-14(7-9-20)19-15(17-5-2)18-11-16(3)12-23-13-16/h14H,4-13H2,1-3H3,(H2,17,18,19). The molecule has 0 aromatic rings. The fourth-order valence-electron chi connectivity index (χ4n) is 2.99. The first-order valence-electron chi connectivity index (χ1n) is 8.99. The van der Waals surface area contributed by atoms with Crippen molar-refractivity contribution in [1.29, 1.82) is 0 Å². The van der Waals surface area contributed by atoms with E-state index in [0.29, 0.717) is 19.5 Å². The van der Waals surface area contributed by atoms with E-state index in [0.717, 1.165) is 45.1 Å². The van der Waals surface area contributed by atoms with Gasteiger partial charge < -0.3 is 15.4 Å². The highest BCUT2D eigenvalue weighted by Gasteiger charge is 2.33. The summed E-state index contributed by atoms with van der Waals surface area (Å²) in [7, 11) is -3.08. The lowest BCUT2D eigenvalue weighted by molar-refractivity contribution is -0.0945. The van der Waals surface area contributed by atoms with Crippen molar-refractivity contribution < 1.29 is 13.2 Å². The van der Waals surface area contributed by atoms with Crippen LogP contribution in [0.4, 0.5) is 0 Å². The molecule has 140 valence electrons. The molecule has 2 N–H and O–H groups in total. The molecule has 7 nitrogen and oxygen atoms in total. The van der Waals surface area contributed by atoms with Gasteiger partial charge in [0, 0.05) is 31.1 Å². The van der Waals surface area contributed by atoms with Gasteiger partial charge in [-0.05, 0) is 26.2 Å². The van der Waals surface area contributed by atoms with E-state index >= 15 is 0 Å². The van der Waals surface area contributed by atoms with E-state index in [1.54, 1.807) is 4.31 Å². The van der Waals surface area contributed by atoms with Crippen molar-refractivity contribution in [2.75, 3.05) is 45.1 Å². The van der Waals surface area contributed by atoms with E-state index < -0.39 is 10.0 Å².